The number of nitrogens with zero attached hydrogens (tertiary/aromatic N) is 4. The van der Waals surface area contributed by atoms with Gasteiger partial charge < -0.3 is 20.4 Å². The minimum Gasteiger partial charge on any atom is -0.357 e. The summed E-state index contributed by atoms with van der Waals surface area (Å²) in [4.78, 5) is 25.6. The molecule has 0 saturated carbocycles. The van der Waals surface area contributed by atoms with Crippen molar-refractivity contribution in [3.8, 4) is 0 Å². The molecule has 0 spiro atoms. The van der Waals surface area contributed by atoms with Crippen LogP contribution in [0.2, 0.25) is 0 Å². The summed E-state index contributed by atoms with van der Waals surface area (Å²) in [6.45, 7) is 6.59. The van der Waals surface area contributed by atoms with Gasteiger partial charge in [0.15, 0.2) is 11.1 Å². The van der Waals surface area contributed by atoms with Crippen LogP contribution < -0.4 is 15.5 Å². The third-order valence-corrected chi connectivity index (χ3v) is 6.13. The summed E-state index contributed by atoms with van der Waals surface area (Å²) in [5.74, 6) is 0.845. The average molecular weight is 443 g/mol. The first kappa shape index (κ1) is 23.1. The zero-order chi connectivity index (χ0) is 22.1. The number of carbonyl (C=O) groups is 1. The van der Waals surface area contributed by atoms with Crippen molar-refractivity contribution in [1.29, 1.82) is 0 Å². The lowest BCUT2D eigenvalue weighted by Gasteiger charge is -2.13. The topological polar surface area (TPSA) is 72.9 Å². The van der Waals surface area contributed by atoms with E-state index in [0.717, 1.165) is 66.9 Å². The maximum atomic E-state index is 12.1. The molecule has 0 atom stereocenters. The second-order valence-electron chi connectivity index (χ2n) is 7.90. The van der Waals surface area contributed by atoms with Gasteiger partial charge in [0.25, 0.3) is 5.91 Å². The fourth-order valence-electron chi connectivity index (χ4n) is 3.53. The molecule has 1 aromatic heterocycles. The highest BCUT2D eigenvalue weighted by molar-refractivity contribution is 7.13. The average Bonchev–Trinajstić information content (AvgIpc) is 3.45. The molecule has 7 nitrogen and oxygen atoms in total. The number of rotatable bonds is 9. The predicted octanol–water partition coefficient (Wildman–Crippen LogP) is 2.79. The summed E-state index contributed by atoms with van der Waals surface area (Å²) in [5.41, 5.74) is 2.97. The van der Waals surface area contributed by atoms with Gasteiger partial charge in [-0.1, -0.05) is 12.1 Å². The maximum absolute atomic E-state index is 12.1. The molecule has 2 N–H and O–H groups in total. The Bertz CT molecular complexity index is 872. The molecule has 2 heterocycles. The molecule has 0 bridgehead atoms. The molecule has 1 amide bonds. The number of carbonyl (C=O) groups excluding carboxylic acids is 1. The highest BCUT2D eigenvalue weighted by Gasteiger charge is 2.15. The molecule has 0 unspecified atom stereocenters. The van der Waals surface area contributed by atoms with Crippen LogP contribution in [0.4, 0.5) is 5.13 Å². The highest BCUT2D eigenvalue weighted by atomic mass is 32.1. The Balaban J connectivity index is 1.47. The van der Waals surface area contributed by atoms with E-state index in [1.807, 2.05) is 18.2 Å². The molecular formula is C23H34N6OS. The van der Waals surface area contributed by atoms with Crippen LogP contribution in [0, 0.1) is 0 Å². The van der Waals surface area contributed by atoms with Crippen LogP contribution in [0.25, 0.3) is 0 Å². The van der Waals surface area contributed by atoms with Crippen molar-refractivity contribution in [1.82, 2.24) is 20.5 Å². The Morgan fingerprint density at radius 2 is 2.03 bits per heavy atom. The van der Waals surface area contributed by atoms with Crippen molar-refractivity contribution >= 4 is 28.3 Å². The SMILES string of the molecule is CCNC(=NCCc1csc(N2CCCC2)n1)NCCc1cccc(C(=O)N(C)C)c1. The van der Waals surface area contributed by atoms with Crippen LogP contribution in [0.5, 0.6) is 0 Å². The number of amides is 1. The molecule has 3 rings (SSSR count). The molecule has 2 aromatic rings. The summed E-state index contributed by atoms with van der Waals surface area (Å²) >= 11 is 1.74. The molecule has 1 aromatic carbocycles. The van der Waals surface area contributed by atoms with Gasteiger partial charge in [0.2, 0.25) is 0 Å². The van der Waals surface area contributed by atoms with Gasteiger partial charge in [-0.25, -0.2) is 4.98 Å². The van der Waals surface area contributed by atoms with E-state index in [2.05, 4.69) is 33.9 Å². The number of hydrogen-bond donors (Lipinski definition) is 2. The minimum atomic E-state index is 0.0274. The number of hydrogen-bond acceptors (Lipinski definition) is 5. The van der Waals surface area contributed by atoms with Gasteiger partial charge in [0.05, 0.1) is 5.69 Å². The predicted molar refractivity (Wildman–Crippen MR) is 129 cm³/mol. The Kier molecular flexibility index (Phi) is 8.70. The van der Waals surface area contributed by atoms with Crippen molar-refractivity contribution in [2.75, 3.05) is 51.7 Å². The van der Waals surface area contributed by atoms with Gasteiger partial charge >= 0.3 is 0 Å². The normalized spacial score (nSPS) is 14.0. The Labute approximate surface area is 189 Å². The molecule has 0 aliphatic carbocycles. The number of aromatic nitrogens is 1. The van der Waals surface area contributed by atoms with Crippen LogP contribution in [0.15, 0.2) is 34.6 Å². The zero-order valence-corrected chi connectivity index (χ0v) is 19.7. The lowest BCUT2D eigenvalue weighted by atomic mass is 10.1. The van der Waals surface area contributed by atoms with E-state index >= 15 is 0 Å². The second-order valence-corrected chi connectivity index (χ2v) is 8.74. The number of nitrogens with one attached hydrogen (secondary N) is 2. The quantitative estimate of drug-likeness (QED) is 0.462. The van der Waals surface area contributed by atoms with Gasteiger partial charge in [-0.15, -0.1) is 11.3 Å². The van der Waals surface area contributed by atoms with Crippen molar-refractivity contribution in [3.05, 3.63) is 46.5 Å². The molecule has 0 radical (unpaired) electrons. The molecule has 1 saturated heterocycles. The molecule has 8 heteroatoms. The summed E-state index contributed by atoms with van der Waals surface area (Å²) in [7, 11) is 3.54. The van der Waals surface area contributed by atoms with E-state index in [0.29, 0.717) is 6.54 Å². The number of benzene rings is 1. The van der Waals surface area contributed by atoms with Gasteiger partial charge in [0.1, 0.15) is 0 Å². The summed E-state index contributed by atoms with van der Waals surface area (Å²) in [6, 6.07) is 7.82. The lowest BCUT2D eigenvalue weighted by Crippen LogP contribution is -2.38. The summed E-state index contributed by atoms with van der Waals surface area (Å²) < 4.78 is 0. The minimum absolute atomic E-state index is 0.0274. The molecule has 1 aliphatic rings. The van der Waals surface area contributed by atoms with Gasteiger partial charge in [-0.3, -0.25) is 9.79 Å². The van der Waals surface area contributed by atoms with Crippen LogP contribution in [-0.4, -0.2) is 68.6 Å². The van der Waals surface area contributed by atoms with Crippen molar-refractivity contribution in [2.45, 2.75) is 32.6 Å². The van der Waals surface area contributed by atoms with Crippen LogP contribution >= 0.6 is 11.3 Å². The summed E-state index contributed by atoms with van der Waals surface area (Å²) in [5, 5.41) is 10.0. The van der Waals surface area contributed by atoms with E-state index in [9.17, 15) is 4.79 Å². The monoisotopic (exact) mass is 442 g/mol. The van der Waals surface area contributed by atoms with Crippen LogP contribution in [0.1, 0.15) is 41.4 Å². The van der Waals surface area contributed by atoms with E-state index in [-0.39, 0.29) is 5.91 Å². The van der Waals surface area contributed by atoms with E-state index in [4.69, 9.17) is 9.98 Å². The van der Waals surface area contributed by atoms with Gasteiger partial charge in [-0.05, 0) is 43.9 Å². The number of anilines is 1. The van der Waals surface area contributed by atoms with Gasteiger partial charge in [0, 0.05) is 64.2 Å². The first-order valence-corrected chi connectivity index (χ1v) is 12.0. The molecule has 1 aliphatic heterocycles. The van der Waals surface area contributed by atoms with Crippen molar-refractivity contribution < 1.29 is 4.79 Å². The maximum Gasteiger partial charge on any atom is 0.253 e. The standard InChI is InChI=1S/C23H34N6OS/c1-4-24-22(25-12-10-18-8-7-9-19(16-18)21(30)28(2)3)26-13-11-20-17-31-23(27-20)29-14-5-6-15-29/h7-9,16-17H,4-6,10-15H2,1-3H3,(H2,24,25,26). The summed E-state index contributed by atoms with van der Waals surface area (Å²) in [6.07, 6.45) is 4.21. The second kappa shape index (κ2) is 11.7. The third kappa shape index (κ3) is 6.95. The van der Waals surface area contributed by atoms with Crippen molar-refractivity contribution in [3.63, 3.8) is 0 Å². The Hall–Kier alpha value is -2.61. The van der Waals surface area contributed by atoms with Crippen LogP contribution in [-0.2, 0) is 12.8 Å². The zero-order valence-electron chi connectivity index (χ0n) is 18.9. The smallest absolute Gasteiger partial charge is 0.253 e. The molecular weight excluding hydrogens is 408 g/mol. The molecule has 168 valence electrons. The van der Waals surface area contributed by atoms with Crippen molar-refractivity contribution in [2.24, 2.45) is 4.99 Å². The third-order valence-electron chi connectivity index (χ3n) is 5.18. The number of aliphatic imine (C=N–C) groups is 1. The number of guanidine groups is 1. The Morgan fingerprint density at radius 3 is 2.77 bits per heavy atom. The first-order chi connectivity index (χ1) is 15.1. The van der Waals surface area contributed by atoms with E-state index in [1.165, 1.54) is 12.8 Å². The fourth-order valence-corrected chi connectivity index (χ4v) is 4.45. The van der Waals surface area contributed by atoms with E-state index in [1.54, 1.807) is 30.3 Å². The Morgan fingerprint density at radius 1 is 1.23 bits per heavy atom. The lowest BCUT2D eigenvalue weighted by molar-refractivity contribution is 0.0827. The first-order valence-electron chi connectivity index (χ1n) is 11.1. The fraction of sp³-hybridized carbons (Fsp3) is 0.522. The van der Waals surface area contributed by atoms with Crippen LogP contribution in [0.3, 0.4) is 0 Å². The molecule has 31 heavy (non-hydrogen) atoms. The highest BCUT2D eigenvalue weighted by Crippen LogP contribution is 2.24. The van der Waals surface area contributed by atoms with Gasteiger partial charge in [-0.2, -0.15) is 0 Å². The molecule has 1 fully saturated rings. The number of thiazole rings is 1. The largest absolute Gasteiger partial charge is 0.357 e. The van der Waals surface area contributed by atoms with E-state index < -0.39 is 0 Å².